The highest BCUT2D eigenvalue weighted by Gasteiger charge is 2.19. The van der Waals surface area contributed by atoms with Crippen molar-refractivity contribution in [2.75, 3.05) is 46.9 Å². The lowest BCUT2D eigenvalue weighted by molar-refractivity contribution is 0.112. The first kappa shape index (κ1) is 15.5. The van der Waals surface area contributed by atoms with Gasteiger partial charge in [0.2, 0.25) is 0 Å². The number of ether oxygens (including phenoxy) is 1. The molecular weight excluding hydrogens is 274 g/mol. The molecule has 0 aliphatic carbocycles. The predicted molar refractivity (Wildman–Crippen MR) is 91.1 cm³/mol. The van der Waals surface area contributed by atoms with E-state index >= 15 is 0 Å². The molecule has 1 saturated heterocycles. The van der Waals surface area contributed by atoms with Crippen LogP contribution < -0.4 is 0 Å². The zero-order valence-electron chi connectivity index (χ0n) is 14.0. The first-order valence-electron chi connectivity index (χ1n) is 8.10. The Morgan fingerprint density at radius 3 is 2.95 bits per heavy atom. The smallest absolute Gasteiger partial charge is 0.0593 e. The van der Waals surface area contributed by atoms with Crippen LogP contribution in [-0.4, -0.2) is 61.3 Å². The summed E-state index contributed by atoms with van der Waals surface area (Å²) in [6.45, 7) is 5.97. The quantitative estimate of drug-likeness (QED) is 0.863. The number of fused-ring (bicyclic) bond motifs is 1. The molecule has 0 amide bonds. The van der Waals surface area contributed by atoms with Crippen molar-refractivity contribution >= 4 is 10.9 Å². The number of rotatable bonds is 4. The van der Waals surface area contributed by atoms with E-state index in [1.807, 2.05) is 0 Å². The van der Waals surface area contributed by atoms with Gasteiger partial charge in [0.05, 0.1) is 13.2 Å². The maximum Gasteiger partial charge on any atom is 0.0593 e. The van der Waals surface area contributed by atoms with Crippen LogP contribution >= 0.6 is 0 Å². The average Bonchev–Trinajstić information content (AvgIpc) is 2.69. The molecule has 1 atom stereocenters. The Morgan fingerprint density at radius 1 is 1.27 bits per heavy atom. The Kier molecular flexibility index (Phi) is 4.81. The van der Waals surface area contributed by atoms with Crippen molar-refractivity contribution in [3.63, 3.8) is 0 Å². The van der Waals surface area contributed by atoms with Crippen LogP contribution in [0.3, 0.4) is 0 Å². The second-order valence-corrected chi connectivity index (χ2v) is 6.76. The summed E-state index contributed by atoms with van der Waals surface area (Å²) < 4.78 is 7.95. The van der Waals surface area contributed by atoms with Crippen molar-refractivity contribution < 1.29 is 4.74 Å². The molecule has 2 aromatic rings. The summed E-state index contributed by atoms with van der Waals surface area (Å²) in [5.41, 5.74) is 2.69. The molecule has 22 heavy (non-hydrogen) atoms. The van der Waals surface area contributed by atoms with Crippen molar-refractivity contribution in [1.29, 1.82) is 0 Å². The first-order chi connectivity index (χ1) is 10.6. The van der Waals surface area contributed by atoms with E-state index in [1.54, 1.807) is 0 Å². The van der Waals surface area contributed by atoms with Gasteiger partial charge in [-0.2, -0.15) is 0 Å². The van der Waals surface area contributed by atoms with Gasteiger partial charge >= 0.3 is 0 Å². The summed E-state index contributed by atoms with van der Waals surface area (Å²) in [5, 5.41) is 1.33. The third-order valence-corrected chi connectivity index (χ3v) is 4.40. The van der Waals surface area contributed by atoms with E-state index in [9.17, 15) is 0 Å². The molecule has 2 heterocycles. The van der Waals surface area contributed by atoms with Crippen molar-refractivity contribution in [2.24, 2.45) is 13.0 Å². The normalized spacial score (nSPS) is 20.6. The standard InChI is InChI=1S/C18H27N3O/c1-19(2)11-16-13-21(8-9-22-14-16)12-15-4-5-18-17(10-15)6-7-20(18)3/h4-7,10,16H,8-9,11-14H2,1-3H3. The van der Waals surface area contributed by atoms with Crippen molar-refractivity contribution in [2.45, 2.75) is 6.54 Å². The van der Waals surface area contributed by atoms with Gasteiger partial charge in [-0.05, 0) is 43.2 Å². The van der Waals surface area contributed by atoms with Crippen LogP contribution in [0.2, 0.25) is 0 Å². The number of hydrogen-bond acceptors (Lipinski definition) is 3. The topological polar surface area (TPSA) is 20.6 Å². The van der Waals surface area contributed by atoms with Crippen LogP contribution in [-0.2, 0) is 18.3 Å². The largest absolute Gasteiger partial charge is 0.380 e. The van der Waals surface area contributed by atoms with E-state index in [2.05, 4.69) is 66.0 Å². The van der Waals surface area contributed by atoms with Crippen LogP contribution in [0.4, 0.5) is 0 Å². The molecule has 1 aliphatic rings. The third-order valence-electron chi connectivity index (χ3n) is 4.40. The lowest BCUT2D eigenvalue weighted by Gasteiger charge is -2.25. The molecule has 1 unspecified atom stereocenters. The van der Waals surface area contributed by atoms with Gasteiger partial charge in [0.25, 0.3) is 0 Å². The molecule has 3 rings (SSSR count). The number of aromatic nitrogens is 1. The summed E-state index contributed by atoms with van der Waals surface area (Å²) >= 11 is 0. The van der Waals surface area contributed by atoms with Crippen LogP contribution in [0.5, 0.6) is 0 Å². The Bertz CT molecular complexity index is 620. The van der Waals surface area contributed by atoms with Crippen LogP contribution in [0.1, 0.15) is 5.56 Å². The highest BCUT2D eigenvalue weighted by molar-refractivity contribution is 5.80. The second-order valence-electron chi connectivity index (χ2n) is 6.76. The molecule has 1 fully saturated rings. The molecule has 1 aromatic heterocycles. The Hall–Kier alpha value is -1.36. The summed E-state index contributed by atoms with van der Waals surface area (Å²) in [4.78, 5) is 4.79. The molecule has 0 N–H and O–H groups in total. The predicted octanol–water partition coefficient (Wildman–Crippen LogP) is 2.19. The van der Waals surface area contributed by atoms with Crippen molar-refractivity contribution in [3.05, 3.63) is 36.0 Å². The van der Waals surface area contributed by atoms with Crippen LogP contribution in [0, 0.1) is 5.92 Å². The fraction of sp³-hybridized carbons (Fsp3) is 0.556. The summed E-state index contributed by atoms with van der Waals surface area (Å²) in [6, 6.07) is 9.01. The van der Waals surface area contributed by atoms with E-state index in [-0.39, 0.29) is 0 Å². The Balaban J connectivity index is 1.69. The molecule has 1 aliphatic heterocycles. The van der Waals surface area contributed by atoms with Gasteiger partial charge in [0.1, 0.15) is 0 Å². The molecule has 4 heteroatoms. The second kappa shape index (κ2) is 6.82. The van der Waals surface area contributed by atoms with E-state index in [4.69, 9.17) is 4.74 Å². The average molecular weight is 301 g/mol. The fourth-order valence-corrected chi connectivity index (χ4v) is 3.41. The van der Waals surface area contributed by atoms with Gasteiger partial charge in [-0.25, -0.2) is 0 Å². The SMILES string of the molecule is CN(C)CC1COCCN(Cc2ccc3c(ccn3C)c2)C1. The van der Waals surface area contributed by atoms with Gasteiger partial charge < -0.3 is 14.2 Å². The minimum Gasteiger partial charge on any atom is -0.380 e. The monoisotopic (exact) mass is 301 g/mol. The van der Waals surface area contributed by atoms with E-state index in [1.165, 1.54) is 16.5 Å². The highest BCUT2D eigenvalue weighted by Crippen LogP contribution is 2.19. The number of nitrogens with zero attached hydrogens (tertiary/aromatic N) is 3. The van der Waals surface area contributed by atoms with Gasteiger partial charge in [-0.15, -0.1) is 0 Å². The molecule has 0 spiro atoms. The molecular formula is C18H27N3O. The molecule has 0 radical (unpaired) electrons. The van der Waals surface area contributed by atoms with Crippen LogP contribution in [0.25, 0.3) is 10.9 Å². The minimum absolute atomic E-state index is 0.595. The van der Waals surface area contributed by atoms with Crippen LogP contribution in [0.15, 0.2) is 30.5 Å². The zero-order valence-corrected chi connectivity index (χ0v) is 14.0. The van der Waals surface area contributed by atoms with Gasteiger partial charge in [0.15, 0.2) is 0 Å². The highest BCUT2D eigenvalue weighted by atomic mass is 16.5. The first-order valence-corrected chi connectivity index (χ1v) is 8.10. The zero-order chi connectivity index (χ0) is 15.5. The van der Waals surface area contributed by atoms with Gasteiger partial charge in [-0.1, -0.05) is 6.07 Å². The third kappa shape index (κ3) is 3.69. The number of hydrogen-bond donors (Lipinski definition) is 0. The van der Waals surface area contributed by atoms with E-state index in [0.717, 1.165) is 39.4 Å². The van der Waals surface area contributed by atoms with E-state index < -0.39 is 0 Å². The van der Waals surface area contributed by atoms with E-state index in [0.29, 0.717) is 5.92 Å². The molecule has 4 nitrogen and oxygen atoms in total. The van der Waals surface area contributed by atoms with Crippen molar-refractivity contribution in [3.8, 4) is 0 Å². The fourth-order valence-electron chi connectivity index (χ4n) is 3.41. The lowest BCUT2D eigenvalue weighted by atomic mass is 10.1. The van der Waals surface area contributed by atoms with Gasteiger partial charge in [0, 0.05) is 50.9 Å². The van der Waals surface area contributed by atoms with Gasteiger partial charge in [-0.3, -0.25) is 4.90 Å². The van der Waals surface area contributed by atoms with Crippen molar-refractivity contribution in [1.82, 2.24) is 14.4 Å². The summed E-state index contributed by atoms with van der Waals surface area (Å²) in [6.07, 6.45) is 2.13. The molecule has 0 saturated carbocycles. The molecule has 120 valence electrons. The Labute approximate surface area is 133 Å². The Morgan fingerprint density at radius 2 is 2.14 bits per heavy atom. The number of aryl methyl sites for hydroxylation is 1. The maximum atomic E-state index is 5.78. The number of benzene rings is 1. The summed E-state index contributed by atoms with van der Waals surface area (Å²) in [7, 11) is 6.37. The molecule has 0 bridgehead atoms. The lowest BCUT2D eigenvalue weighted by Crippen LogP contribution is -2.34. The maximum absolute atomic E-state index is 5.78. The minimum atomic E-state index is 0.595. The summed E-state index contributed by atoms with van der Waals surface area (Å²) in [5.74, 6) is 0.595. The molecule has 1 aromatic carbocycles.